The van der Waals surface area contributed by atoms with E-state index in [0.717, 1.165) is 18.2 Å². The van der Waals surface area contributed by atoms with Gasteiger partial charge in [0.15, 0.2) is 0 Å². The molecule has 0 aliphatic rings. The zero-order chi connectivity index (χ0) is 13.5. The van der Waals surface area contributed by atoms with Gasteiger partial charge >= 0.3 is 11.9 Å². The van der Waals surface area contributed by atoms with Gasteiger partial charge in [-0.3, -0.25) is 10.1 Å². The highest BCUT2D eigenvalue weighted by Crippen LogP contribution is 2.32. The van der Waals surface area contributed by atoms with E-state index in [-0.39, 0.29) is 5.52 Å². The number of alkyl halides is 3. The van der Waals surface area contributed by atoms with Gasteiger partial charge in [-0.25, -0.2) is 4.79 Å². The fourth-order valence-corrected chi connectivity index (χ4v) is 1.47. The minimum absolute atomic E-state index is 0.253. The second kappa shape index (κ2) is 3.79. The molecular formula is C9H4F3N3O3. The Bertz CT molecular complexity index is 693. The minimum Gasteiger partial charge on any atom is -0.301 e. The first-order valence-corrected chi connectivity index (χ1v) is 4.55. The number of hydrogen-bond acceptors (Lipinski definition) is 4. The van der Waals surface area contributed by atoms with E-state index in [1.165, 1.54) is 0 Å². The lowest BCUT2D eigenvalue weighted by molar-refractivity contribution is -0.384. The van der Waals surface area contributed by atoms with Gasteiger partial charge in [0.1, 0.15) is 5.69 Å². The molecule has 2 aromatic rings. The molecular weight excluding hydrogens is 255 g/mol. The molecule has 0 amide bonds. The second-order valence-electron chi connectivity index (χ2n) is 3.37. The summed E-state index contributed by atoms with van der Waals surface area (Å²) >= 11 is 0. The highest BCUT2D eigenvalue weighted by molar-refractivity contribution is 5.83. The van der Waals surface area contributed by atoms with Gasteiger partial charge in [0.05, 0.1) is 10.4 Å². The third-order valence-electron chi connectivity index (χ3n) is 2.20. The van der Waals surface area contributed by atoms with Crippen molar-refractivity contribution < 1.29 is 18.1 Å². The van der Waals surface area contributed by atoms with Crippen molar-refractivity contribution in [3.05, 3.63) is 44.5 Å². The normalized spacial score (nSPS) is 11.7. The zero-order valence-corrected chi connectivity index (χ0v) is 8.49. The molecule has 18 heavy (non-hydrogen) atoms. The number of non-ortho nitro benzene ring substituents is 1. The molecule has 6 nitrogen and oxygen atoms in total. The SMILES string of the molecule is O=c1nc2ccc([N+](=O)[O-])cc2c(C(F)(F)F)[nH]1. The average Bonchev–Trinajstić information content (AvgIpc) is 2.25. The number of benzene rings is 1. The molecule has 0 saturated carbocycles. The summed E-state index contributed by atoms with van der Waals surface area (Å²) in [6.45, 7) is 0. The molecule has 94 valence electrons. The monoisotopic (exact) mass is 259 g/mol. The second-order valence-corrected chi connectivity index (χ2v) is 3.37. The van der Waals surface area contributed by atoms with Gasteiger partial charge in [-0.1, -0.05) is 0 Å². The summed E-state index contributed by atoms with van der Waals surface area (Å²) in [6.07, 6.45) is -4.82. The van der Waals surface area contributed by atoms with Gasteiger partial charge < -0.3 is 4.98 Å². The number of aromatic amines is 1. The maximum atomic E-state index is 12.7. The van der Waals surface area contributed by atoms with Crippen LogP contribution < -0.4 is 5.69 Å². The topological polar surface area (TPSA) is 88.9 Å². The van der Waals surface area contributed by atoms with E-state index < -0.39 is 33.6 Å². The maximum absolute atomic E-state index is 12.7. The first-order valence-electron chi connectivity index (χ1n) is 4.55. The summed E-state index contributed by atoms with van der Waals surface area (Å²) in [6, 6.07) is 2.70. The molecule has 0 atom stereocenters. The van der Waals surface area contributed by atoms with Gasteiger partial charge in [0.25, 0.3) is 5.69 Å². The summed E-state index contributed by atoms with van der Waals surface area (Å²) in [5.74, 6) is 0. The van der Waals surface area contributed by atoms with Crippen molar-refractivity contribution >= 4 is 16.6 Å². The Labute approximate surface area is 96.2 Å². The van der Waals surface area contributed by atoms with Crippen molar-refractivity contribution in [1.82, 2.24) is 9.97 Å². The number of nitro benzene ring substituents is 1. The fraction of sp³-hybridized carbons (Fsp3) is 0.111. The standard InChI is InChI=1S/C9H4F3N3O3/c10-9(11,12)7-5-3-4(15(17)18)1-2-6(5)13-8(16)14-7/h1-3H,(H,13,14,16). The molecule has 0 spiro atoms. The Kier molecular flexibility index (Phi) is 2.53. The number of hydrogen-bond donors (Lipinski definition) is 1. The fourth-order valence-electron chi connectivity index (χ4n) is 1.47. The molecule has 1 heterocycles. The van der Waals surface area contributed by atoms with E-state index in [1.54, 1.807) is 4.98 Å². The van der Waals surface area contributed by atoms with Gasteiger partial charge in [0.2, 0.25) is 0 Å². The summed E-state index contributed by atoms with van der Waals surface area (Å²) in [4.78, 5) is 25.5. The highest BCUT2D eigenvalue weighted by atomic mass is 19.4. The van der Waals surface area contributed by atoms with Crippen molar-refractivity contribution in [2.75, 3.05) is 0 Å². The third kappa shape index (κ3) is 2.01. The van der Waals surface area contributed by atoms with Crippen LogP contribution in [0.3, 0.4) is 0 Å². The van der Waals surface area contributed by atoms with E-state index >= 15 is 0 Å². The number of nitro groups is 1. The number of nitrogens with zero attached hydrogens (tertiary/aromatic N) is 2. The number of H-pyrrole nitrogens is 1. The molecule has 1 aromatic heterocycles. The Morgan fingerprint density at radius 2 is 2.00 bits per heavy atom. The van der Waals surface area contributed by atoms with Crippen LogP contribution in [0.4, 0.5) is 18.9 Å². The largest absolute Gasteiger partial charge is 0.432 e. The van der Waals surface area contributed by atoms with Crippen LogP contribution in [0.2, 0.25) is 0 Å². The van der Waals surface area contributed by atoms with Crippen LogP contribution in [-0.2, 0) is 6.18 Å². The van der Waals surface area contributed by atoms with Crippen LogP contribution in [0, 0.1) is 10.1 Å². The summed E-state index contributed by atoms with van der Waals surface area (Å²) in [5, 5.41) is 9.99. The molecule has 0 aliphatic heterocycles. The lowest BCUT2D eigenvalue weighted by Gasteiger charge is -2.08. The lowest BCUT2D eigenvalue weighted by atomic mass is 10.1. The Hall–Kier alpha value is -2.45. The Morgan fingerprint density at radius 1 is 1.33 bits per heavy atom. The average molecular weight is 259 g/mol. The summed E-state index contributed by atoms with van der Waals surface area (Å²) < 4.78 is 38.0. The molecule has 0 fully saturated rings. The predicted molar refractivity (Wildman–Crippen MR) is 54.0 cm³/mol. The molecule has 0 aliphatic carbocycles. The van der Waals surface area contributed by atoms with Crippen molar-refractivity contribution in [3.8, 4) is 0 Å². The maximum Gasteiger partial charge on any atom is 0.432 e. The van der Waals surface area contributed by atoms with E-state index in [0.29, 0.717) is 0 Å². The molecule has 2 rings (SSSR count). The number of rotatable bonds is 1. The van der Waals surface area contributed by atoms with Gasteiger partial charge in [-0.05, 0) is 6.07 Å². The number of nitrogens with one attached hydrogen (secondary N) is 1. The smallest absolute Gasteiger partial charge is 0.301 e. The van der Waals surface area contributed by atoms with E-state index in [1.807, 2.05) is 0 Å². The Balaban J connectivity index is 2.87. The van der Waals surface area contributed by atoms with Crippen LogP contribution in [0.1, 0.15) is 5.69 Å². The quantitative estimate of drug-likeness (QED) is 0.625. The minimum atomic E-state index is -4.82. The lowest BCUT2D eigenvalue weighted by Crippen LogP contribution is -2.19. The van der Waals surface area contributed by atoms with Crippen molar-refractivity contribution in [2.24, 2.45) is 0 Å². The predicted octanol–water partition coefficient (Wildman–Crippen LogP) is 1.85. The molecule has 9 heteroatoms. The van der Waals surface area contributed by atoms with Crippen LogP contribution >= 0.6 is 0 Å². The summed E-state index contributed by atoms with van der Waals surface area (Å²) in [7, 11) is 0. The Morgan fingerprint density at radius 3 is 2.56 bits per heavy atom. The van der Waals surface area contributed by atoms with Gasteiger partial charge in [-0.15, -0.1) is 0 Å². The van der Waals surface area contributed by atoms with Crippen LogP contribution in [-0.4, -0.2) is 14.9 Å². The molecule has 0 saturated heterocycles. The molecule has 0 radical (unpaired) electrons. The van der Waals surface area contributed by atoms with Crippen LogP contribution in [0.5, 0.6) is 0 Å². The van der Waals surface area contributed by atoms with E-state index in [9.17, 15) is 28.1 Å². The number of fused-ring (bicyclic) bond motifs is 1. The van der Waals surface area contributed by atoms with Crippen LogP contribution in [0.15, 0.2) is 23.0 Å². The van der Waals surface area contributed by atoms with Gasteiger partial charge in [0, 0.05) is 17.5 Å². The molecule has 1 N–H and O–H groups in total. The van der Waals surface area contributed by atoms with E-state index in [4.69, 9.17) is 0 Å². The van der Waals surface area contributed by atoms with Crippen molar-refractivity contribution in [2.45, 2.75) is 6.18 Å². The van der Waals surface area contributed by atoms with Crippen molar-refractivity contribution in [1.29, 1.82) is 0 Å². The number of aromatic nitrogens is 2. The molecule has 0 unspecified atom stereocenters. The molecule has 1 aromatic carbocycles. The molecule has 0 bridgehead atoms. The highest BCUT2D eigenvalue weighted by Gasteiger charge is 2.34. The van der Waals surface area contributed by atoms with Crippen molar-refractivity contribution in [3.63, 3.8) is 0 Å². The van der Waals surface area contributed by atoms with Crippen LogP contribution in [0.25, 0.3) is 10.9 Å². The summed E-state index contributed by atoms with van der Waals surface area (Å²) in [5.41, 5.74) is -3.27. The zero-order valence-electron chi connectivity index (χ0n) is 8.49. The first-order chi connectivity index (χ1) is 8.29. The third-order valence-corrected chi connectivity index (χ3v) is 2.20. The first kappa shape index (κ1) is 12.0. The van der Waals surface area contributed by atoms with E-state index in [2.05, 4.69) is 4.98 Å². The number of halogens is 3. The van der Waals surface area contributed by atoms with Gasteiger partial charge in [-0.2, -0.15) is 18.2 Å².